The maximum absolute atomic E-state index is 12.2. The molecule has 0 radical (unpaired) electrons. The molecule has 0 saturated heterocycles. The third-order valence-corrected chi connectivity index (χ3v) is 5.93. The maximum atomic E-state index is 12.2. The molecule has 178 valence electrons. The van der Waals surface area contributed by atoms with Crippen molar-refractivity contribution in [3.05, 3.63) is 0 Å². The van der Waals surface area contributed by atoms with Crippen molar-refractivity contribution in [1.82, 2.24) is 0 Å². The Kier molecular flexibility index (Phi) is 22.2. The second-order valence-electron chi connectivity index (χ2n) is 9.21. The predicted molar refractivity (Wildman–Crippen MR) is 129 cm³/mol. The van der Waals surface area contributed by atoms with Crippen molar-refractivity contribution in [1.29, 1.82) is 0 Å². The highest BCUT2D eigenvalue weighted by atomic mass is 16.5. The van der Waals surface area contributed by atoms with E-state index in [0.717, 1.165) is 25.7 Å². The summed E-state index contributed by atoms with van der Waals surface area (Å²) in [5, 5.41) is 0. The second-order valence-corrected chi connectivity index (χ2v) is 9.21. The van der Waals surface area contributed by atoms with Crippen LogP contribution in [0.2, 0.25) is 0 Å². The van der Waals surface area contributed by atoms with E-state index in [4.69, 9.17) is 4.74 Å². The van der Waals surface area contributed by atoms with Gasteiger partial charge in [-0.05, 0) is 26.2 Å². The SMILES string of the molecule is CCCCCCCCCCCC(=O)OC(CCCCCCCCCCC)CC(C)=O. The van der Waals surface area contributed by atoms with Crippen molar-refractivity contribution >= 4 is 11.8 Å². The molecule has 0 aliphatic heterocycles. The van der Waals surface area contributed by atoms with Crippen LogP contribution in [0.25, 0.3) is 0 Å². The Morgan fingerprint density at radius 1 is 0.600 bits per heavy atom. The van der Waals surface area contributed by atoms with E-state index in [1.165, 1.54) is 96.3 Å². The van der Waals surface area contributed by atoms with Gasteiger partial charge in [-0.25, -0.2) is 0 Å². The zero-order valence-corrected chi connectivity index (χ0v) is 20.7. The lowest BCUT2D eigenvalue weighted by molar-refractivity contribution is -0.150. The van der Waals surface area contributed by atoms with Gasteiger partial charge in [0.05, 0.1) is 0 Å². The van der Waals surface area contributed by atoms with Crippen LogP contribution in [0.5, 0.6) is 0 Å². The highest BCUT2D eigenvalue weighted by molar-refractivity contribution is 5.76. The first-order valence-electron chi connectivity index (χ1n) is 13.3. The van der Waals surface area contributed by atoms with Crippen LogP contribution in [-0.2, 0) is 14.3 Å². The quantitative estimate of drug-likeness (QED) is 0.122. The van der Waals surface area contributed by atoms with E-state index in [2.05, 4.69) is 13.8 Å². The standard InChI is InChI=1S/C27H52O3/c1-4-6-8-10-12-14-16-18-20-22-26(24-25(3)28)30-27(29)23-21-19-17-15-13-11-9-7-5-2/h26H,4-24H2,1-3H3. The van der Waals surface area contributed by atoms with Gasteiger partial charge >= 0.3 is 5.97 Å². The minimum absolute atomic E-state index is 0.111. The first-order valence-corrected chi connectivity index (χ1v) is 13.3. The van der Waals surface area contributed by atoms with Crippen LogP contribution in [0, 0.1) is 0 Å². The number of carbonyl (C=O) groups excluding carboxylic acids is 2. The molecule has 0 aromatic rings. The highest BCUT2D eigenvalue weighted by Crippen LogP contribution is 2.16. The van der Waals surface area contributed by atoms with Gasteiger partial charge in [-0.2, -0.15) is 0 Å². The highest BCUT2D eigenvalue weighted by Gasteiger charge is 2.16. The molecule has 0 fully saturated rings. The Morgan fingerprint density at radius 3 is 1.43 bits per heavy atom. The molecule has 1 unspecified atom stereocenters. The van der Waals surface area contributed by atoms with Gasteiger partial charge in [0, 0.05) is 12.8 Å². The third kappa shape index (κ3) is 21.8. The summed E-state index contributed by atoms with van der Waals surface area (Å²) in [5.41, 5.74) is 0. The van der Waals surface area contributed by atoms with Crippen LogP contribution < -0.4 is 0 Å². The lowest BCUT2D eigenvalue weighted by atomic mass is 10.0. The first-order chi connectivity index (χ1) is 14.6. The molecule has 3 nitrogen and oxygen atoms in total. The van der Waals surface area contributed by atoms with E-state index >= 15 is 0 Å². The number of Topliss-reactive ketones (excluding diaryl/α,β-unsaturated/α-hetero) is 1. The van der Waals surface area contributed by atoms with Crippen molar-refractivity contribution in [2.75, 3.05) is 0 Å². The molecule has 1 atom stereocenters. The average molecular weight is 425 g/mol. The number of rotatable bonds is 23. The molecular weight excluding hydrogens is 372 g/mol. The van der Waals surface area contributed by atoms with Crippen LogP contribution >= 0.6 is 0 Å². The fourth-order valence-corrected chi connectivity index (χ4v) is 4.03. The zero-order chi connectivity index (χ0) is 22.3. The van der Waals surface area contributed by atoms with E-state index in [1.54, 1.807) is 6.92 Å². The number of hydrogen-bond donors (Lipinski definition) is 0. The molecule has 0 bridgehead atoms. The molecule has 0 aliphatic rings. The van der Waals surface area contributed by atoms with Gasteiger partial charge < -0.3 is 4.74 Å². The average Bonchev–Trinajstić information content (AvgIpc) is 2.70. The van der Waals surface area contributed by atoms with Crippen molar-refractivity contribution in [2.24, 2.45) is 0 Å². The molecule has 30 heavy (non-hydrogen) atoms. The Labute approximate surface area is 188 Å². The summed E-state index contributed by atoms with van der Waals surface area (Å²) in [6, 6.07) is 0. The van der Waals surface area contributed by atoms with E-state index in [9.17, 15) is 9.59 Å². The summed E-state index contributed by atoms with van der Waals surface area (Å²) in [4.78, 5) is 23.7. The number of carbonyl (C=O) groups is 2. The largest absolute Gasteiger partial charge is 0.462 e. The molecule has 0 N–H and O–H groups in total. The van der Waals surface area contributed by atoms with E-state index in [0.29, 0.717) is 12.8 Å². The molecule has 0 aliphatic carbocycles. The first kappa shape index (κ1) is 29.1. The van der Waals surface area contributed by atoms with Crippen molar-refractivity contribution < 1.29 is 14.3 Å². The number of ketones is 1. The summed E-state index contributed by atoms with van der Waals surface area (Å²) in [7, 11) is 0. The molecule has 0 saturated carbocycles. The molecule has 0 rings (SSSR count). The Balaban J connectivity index is 3.75. The maximum Gasteiger partial charge on any atom is 0.306 e. The molecule has 0 heterocycles. The third-order valence-electron chi connectivity index (χ3n) is 5.93. The summed E-state index contributed by atoms with van der Waals surface area (Å²) >= 11 is 0. The summed E-state index contributed by atoms with van der Waals surface area (Å²) in [6.07, 6.45) is 24.2. The predicted octanol–water partition coefficient (Wildman–Crippen LogP) is 8.72. The summed E-state index contributed by atoms with van der Waals surface area (Å²) in [6.45, 7) is 6.09. The van der Waals surface area contributed by atoms with Gasteiger partial charge in [0.1, 0.15) is 11.9 Å². The van der Waals surface area contributed by atoms with Crippen LogP contribution in [0.3, 0.4) is 0 Å². The van der Waals surface area contributed by atoms with Gasteiger partial charge in [-0.3, -0.25) is 9.59 Å². The number of ether oxygens (including phenoxy) is 1. The monoisotopic (exact) mass is 424 g/mol. The Hall–Kier alpha value is -0.860. The van der Waals surface area contributed by atoms with Crippen LogP contribution in [-0.4, -0.2) is 17.9 Å². The van der Waals surface area contributed by atoms with Gasteiger partial charge in [0.2, 0.25) is 0 Å². The van der Waals surface area contributed by atoms with Crippen molar-refractivity contribution in [2.45, 2.75) is 162 Å². The van der Waals surface area contributed by atoms with Crippen molar-refractivity contribution in [3.8, 4) is 0 Å². The lowest BCUT2D eigenvalue weighted by Gasteiger charge is -2.17. The molecule has 0 aromatic carbocycles. The smallest absolute Gasteiger partial charge is 0.306 e. The normalized spacial score (nSPS) is 12.1. The topological polar surface area (TPSA) is 43.4 Å². The molecular formula is C27H52O3. The van der Waals surface area contributed by atoms with Crippen LogP contribution in [0.1, 0.15) is 156 Å². The van der Waals surface area contributed by atoms with Crippen molar-refractivity contribution in [3.63, 3.8) is 0 Å². The number of esters is 1. The van der Waals surface area contributed by atoms with Gasteiger partial charge in [0.25, 0.3) is 0 Å². The van der Waals surface area contributed by atoms with E-state index in [-0.39, 0.29) is 17.9 Å². The Morgan fingerprint density at radius 2 is 1.00 bits per heavy atom. The summed E-state index contributed by atoms with van der Waals surface area (Å²) in [5.74, 6) is 0.00640. The fourth-order valence-electron chi connectivity index (χ4n) is 4.03. The van der Waals surface area contributed by atoms with E-state index < -0.39 is 0 Å². The van der Waals surface area contributed by atoms with Gasteiger partial charge in [0.15, 0.2) is 0 Å². The minimum atomic E-state index is -0.210. The molecule has 3 heteroatoms. The minimum Gasteiger partial charge on any atom is -0.462 e. The van der Waals surface area contributed by atoms with Gasteiger partial charge in [-0.1, -0.05) is 117 Å². The fraction of sp³-hybridized carbons (Fsp3) is 0.926. The molecule has 0 aromatic heterocycles. The van der Waals surface area contributed by atoms with Crippen LogP contribution in [0.15, 0.2) is 0 Å². The van der Waals surface area contributed by atoms with Gasteiger partial charge in [-0.15, -0.1) is 0 Å². The van der Waals surface area contributed by atoms with E-state index in [1.807, 2.05) is 0 Å². The summed E-state index contributed by atoms with van der Waals surface area (Å²) < 4.78 is 5.65. The lowest BCUT2D eigenvalue weighted by Crippen LogP contribution is -2.20. The van der Waals surface area contributed by atoms with Crippen LogP contribution in [0.4, 0.5) is 0 Å². The molecule has 0 amide bonds. The number of hydrogen-bond acceptors (Lipinski definition) is 3. The molecule has 0 spiro atoms. The number of unbranched alkanes of at least 4 members (excludes halogenated alkanes) is 16. The Bertz CT molecular complexity index is 392. The second kappa shape index (κ2) is 22.8. The zero-order valence-electron chi connectivity index (χ0n) is 20.7.